The van der Waals surface area contributed by atoms with Crippen LogP contribution in [0.15, 0.2) is 64.4 Å². The molecule has 0 atom stereocenters. The molecule has 1 aliphatic carbocycles. The van der Waals surface area contributed by atoms with Crippen LogP contribution in [-0.4, -0.2) is 41.5 Å². The third-order valence-corrected chi connectivity index (χ3v) is 8.42. The number of hydrazine groups is 1. The number of sulfone groups is 1. The van der Waals surface area contributed by atoms with Crippen LogP contribution in [0.2, 0.25) is 0 Å². The first-order valence-corrected chi connectivity index (χ1v) is 13.9. The summed E-state index contributed by atoms with van der Waals surface area (Å²) in [6, 6.07) is 14.0. The van der Waals surface area contributed by atoms with Crippen molar-refractivity contribution in [3.8, 4) is 0 Å². The number of benzene rings is 2. The van der Waals surface area contributed by atoms with Crippen LogP contribution >= 0.6 is 0 Å². The minimum Gasteiger partial charge on any atom is -0.273 e. The van der Waals surface area contributed by atoms with Gasteiger partial charge in [0.15, 0.2) is 9.84 Å². The minimum atomic E-state index is -4.00. The average Bonchev–Trinajstić information content (AvgIpc) is 2.81. The third kappa shape index (κ3) is 6.62. The molecular weight excluding hydrogens is 466 g/mol. The monoisotopic (exact) mass is 493 g/mol. The number of amides is 2. The van der Waals surface area contributed by atoms with Gasteiger partial charge in [0.05, 0.1) is 4.90 Å². The fourth-order valence-electron chi connectivity index (χ4n) is 3.79. The summed E-state index contributed by atoms with van der Waals surface area (Å²) in [6.45, 7) is 0.152. The van der Waals surface area contributed by atoms with Crippen LogP contribution in [0.4, 0.5) is 0 Å². The van der Waals surface area contributed by atoms with Gasteiger partial charge in [0, 0.05) is 24.3 Å². The van der Waals surface area contributed by atoms with Gasteiger partial charge in [-0.25, -0.2) is 21.6 Å². The lowest BCUT2D eigenvalue weighted by Gasteiger charge is -2.28. The molecule has 9 nitrogen and oxygen atoms in total. The maximum absolute atomic E-state index is 12.7. The van der Waals surface area contributed by atoms with Crippen molar-refractivity contribution in [1.29, 1.82) is 0 Å². The molecule has 1 saturated carbocycles. The Morgan fingerprint density at radius 1 is 0.818 bits per heavy atom. The molecule has 33 heavy (non-hydrogen) atoms. The predicted molar refractivity (Wildman–Crippen MR) is 122 cm³/mol. The second-order valence-corrected chi connectivity index (χ2v) is 11.8. The van der Waals surface area contributed by atoms with Gasteiger partial charge in [0.1, 0.15) is 4.90 Å². The maximum Gasteiger partial charge on any atom is 0.269 e. The number of hydrogen-bond donors (Lipinski definition) is 3. The van der Waals surface area contributed by atoms with E-state index in [1.165, 1.54) is 24.3 Å². The summed E-state index contributed by atoms with van der Waals surface area (Å²) in [4.78, 5) is 23.9. The molecule has 0 aliphatic heterocycles. The van der Waals surface area contributed by atoms with Gasteiger partial charge in [0.2, 0.25) is 15.9 Å². The molecule has 1 aliphatic rings. The summed E-state index contributed by atoms with van der Waals surface area (Å²) in [6.07, 6.45) is 3.33. The van der Waals surface area contributed by atoms with Crippen molar-refractivity contribution in [3.63, 3.8) is 0 Å². The van der Waals surface area contributed by atoms with E-state index in [0.717, 1.165) is 6.26 Å². The second kappa shape index (κ2) is 10.4. The van der Waals surface area contributed by atoms with Crippen LogP contribution in [0.25, 0.3) is 0 Å². The van der Waals surface area contributed by atoms with Gasteiger partial charge in [-0.2, -0.15) is 0 Å². The average molecular weight is 494 g/mol. The zero-order chi connectivity index (χ0) is 24.1. The van der Waals surface area contributed by atoms with E-state index in [0.29, 0.717) is 31.2 Å². The number of rotatable bonds is 7. The molecule has 0 aromatic heterocycles. The third-order valence-electron chi connectivity index (χ3n) is 5.65. The highest BCUT2D eigenvalue weighted by Crippen LogP contribution is 2.29. The van der Waals surface area contributed by atoms with Gasteiger partial charge in [-0.3, -0.25) is 20.4 Å². The molecule has 0 radical (unpaired) electrons. The molecular formula is C22H27N3O6S2. The Kier molecular flexibility index (Phi) is 7.88. The van der Waals surface area contributed by atoms with Gasteiger partial charge in [-0.15, -0.1) is 0 Å². The van der Waals surface area contributed by atoms with Gasteiger partial charge in [0.25, 0.3) is 5.91 Å². The van der Waals surface area contributed by atoms with Crippen LogP contribution < -0.4 is 15.6 Å². The number of sulfonamides is 1. The maximum atomic E-state index is 12.7. The Balaban J connectivity index is 1.49. The van der Waals surface area contributed by atoms with Crippen molar-refractivity contribution in [3.05, 3.63) is 60.2 Å². The molecule has 3 N–H and O–H groups in total. The zero-order valence-corrected chi connectivity index (χ0v) is 19.8. The van der Waals surface area contributed by atoms with Crippen LogP contribution in [-0.2, 0) is 24.7 Å². The van der Waals surface area contributed by atoms with Crippen molar-refractivity contribution in [2.24, 2.45) is 11.8 Å². The molecule has 178 valence electrons. The number of hydrogen-bond acceptors (Lipinski definition) is 6. The van der Waals surface area contributed by atoms with Crippen molar-refractivity contribution in [1.82, 2.24) is 15.6 Å². The van der Waals surface area contributed by atoms with Crippen molar-refractivity contribution in [2.45, 2.75) is 35.5 Å². The van der Waals surface area contributed by atoms with E-state index in [9.17, 15) is 26.4 Å². The summed E-state index contributed by atoms with van der Waals surface area (Å²) in [7, 11) is -7.70. The van der Waals surface area contributed by atoms with Crippen molar-refractivity contribution in [2.75, 3.05) is 12.8 Å². The van der Waals surface area contributed by atoms with Crippen molar-refractivity contribution < 1.29 is 26.4 Å². The normalized spacial score (nSPS) is 18.9. The van der Waals surface area contributed by atoms with E-state index in [2.05, 4.69) is 15.6 Å². The summed E-state index contributed by atoms with van der Waals surface area (Å²) >= 11 is 0. The molecule has 0 saturated heterocycles. The van der Waals surface area contributed by atoms with Crippen molar-refractivity contribution >= 4 is 31.7 Å². The fourth-order valence-corrected chi connectivity index (χ4v) is 6.54. The summed E-state index contributed by atoms with van der Waals surface area (Å²) in [5.41, 5.74) is 5.30. The topological polar surface area (TPSA) is 139 Å². The van der Waals surface area contributed by atoms with Crippen LogP contribution in [0, 0.1) is 11.8 Å². The Bertz CT molecular complexity index is 1210. The van der Waals surface area contributed by atoms with Gasteiger partial charge >= 0.3 is 0 Å². The lowest BCUT2D eigenvalue weighted by atomic mass is 9.82. The first-order valence-electron chi connectivity index (χ1n) is 10.5. The van der Waals surface area contributed by atoms with E-state index < -0.39 is 25.8 Å². The van der Waals surface area contributed by atoms with Crippen LogP contribution in [0.1, 0.15) is 36.0 Å². The van der Waals surface area contributed by atoms with E-state index >= 15 is 0 Å². The summed E-state index contributed by atoms with van der Waals surface area (Å²) < 4.78 is 51.8. The molecule has 11 heteroatoms. The lowest BCUT2D eigenvalue weighted by Crippen LogP contribution is -2.45. The van der Waals surface area contributed by atoms with Crippen LogP contribution in [0.5, 0.6) is 0 Å². The standard InChI is InChI=1S/C22H27N3O6S2/c1-32(28,29)19-9-5-6-10-20(19)33(30,31)23-15-16-11-13-18(14-12-16)22(27)25-24-21(26)17-7-3-2-4-8-17/h2-10,16,18,23H,11-15H2,1H3,(H,24,26)(H,25,27). The van der Waals surface area contributed by atoms with E-state index in [1.54, 1.807) is 30.3 Å². The molecule has 0 unspecified atom stereocenters. The number of nitrogens with one attached hydrogen (secondary N) is 3. The molecule has 2 aromatic carbocycles. The second-order valence-electron chi connectivity index (χ2n) is 8.10. The minimum absolute atomic E-state index is 0.0214. The molecule has 3 rings (SSSR count). The first-order chi connectivity index (χ1) is 15.6. The smallest absolute Gasteiger partial charge is 0.269 e. The van der Waals surface area contributed by atoms with E-state index in [-0.39, 0.29) is 34.1 Å². The molecule has 2 aromatic rings. The SMILES string of the molecule is CS(=O)(=O)c1ccccc1S(=O)(=O)NCC1CCC(C(=O)NNC(=O)c2ccccc2)CC1. The lowest BCUT2D eigenvalue weighted by molar-refractivity contribution is -0.127. The largest absolute Gasteiger partial charge is 0.273 e. The molecule has 0 spiro atoms. The highest BCUT2D eigenvalue weighted by molar-refractivity contribution is 7.93. The number of carbonyl (C=O) groups excluding carboxylic acids is 2. The Morgan fingerprint density at radius 2 is 1.39 bits per heavy atom. The molecule has 0 bridgehead atoms. The predicted octanol–water partition coefficient (Wildman–Crippen LogP) is 1.64. The molecule has 1 fully saturated rings. The highest BCUT2D eigenvalue weighted by atomic mass is 32.2. The van der Waals surface area contributed by atoms with Gasteiger partial charge in [-0.05, 0) is 55.9 Å². The van der Waals surface area contributed by atoms with Gasteiger partial charge in [-0.1, -0.05) is 30.3 Å². The number of carbonyl (C=O) groups is 2. The Labute approximate surface area is 193 Å². The van der Waals surface area contributed by atoms with E-state index in [4.69, 9.17) is 0 Å². The molecule has 2 amide bonds. The Morgan fingerprint density at radius 3 is 2.00 bits per heavy atom. The Hall–Kier alpha value is -2.76. The van der Waals surface area contributed by atoms with E-state index in [1.807, 2.05) is 0 Å². The summed E-state index contributed by atoms with van der Waals surface area (Å²) in [5.74, 6) is -0.935. The fraction of sp³-hybridized carbons (Fsp3) is 0.364. The zero-order valence-electron chi connectivity index (χ0n) is 18.2. The highest BCUT2D eigenvalue weighted by Gasteiger charge is 2.29. The quantitative estimate of drug-likeness (QED) is 0.501. The van der Waals surface area contributed by atoms with Gasteiger partial charge < -0.3 is 0 Å². The first kappa shape index (κ1) is 24.9. The summed E-state index contributed by atoms with van der Waals surface area (Å²) in [5, 5.41) is 0. The van der Waals surface area contributed by atoms with Crippen LogP contribution in [0.3, 0.4) is 0 Å². The molecule has 0 heterocycles.